The van der Waals surface area contributed by atoms with Crippen molar-refractivity contribution in [3.63, 3.8) is 0 Å². The Balaban J connectivity index is 1.51. The van der Waals surface area contributed by atoms with Gasteiger partial charge in [-0.3, -0.25) is 4.79 Å². The first kappa shape index (κ1) is 19.1. The molecule has 3 nitrogen and oxygen atoms in total. The van der Waals surface area contributed by atoms with Crippen LogP contribution in [0.25, 0.3) is 0 Å². The first-order valence-electron chi connectivity index (χ1n) is 9.28. The van der Waals surface area contributed by atoms with E-state index in [1.54, 1.807) is 0 Å². The average Bonchev–Trinajstić information content (AvgIpc) is 2.74. The van der Waals surface area contributed by atoms with Gasteiger partial charge in [0.1, 0.15) is 0 Å². The van der Waals surface area contributed by atoms with Crippen molar-refractivity contribution in [3.8, 4) is 0 Å². The Labute approximate surface area is 178 Å². The van der Waals surface area contributed by atoms with Gasteiger partial charge in [-0.15, -0.1) is 11.8 Å². The summed E-state index contributed by atoms with van der Waals surface area (Å²) in [5, 5.41) is 3.03. The molecule has 28 heavy (non-hydrogen) atoms. The second-order valence-electron chi connectivity index (χ2n) is 6.71. The van der Waals surface area contributed by atoms with E-state index in [0.29, 0.717) is 12.1 Å². The number of carbonyl (C=O) groups excluding carboxylic acids is 1. The highest BCUT2D eigenvalue weighted by molar-refractivity contribution is 9.10. The van der Waals surface area contributed by atoms with Crippen LogP contribution < -0.4 is 10.2 Å². The molecule has 0 saturated carbocycles. The van der Waals surface area contributed by atoms with Crippen molar-refractivity contribution >= 4 is 39.3 Å². The van der Waals surface area contributed by atoms with Crippen molar-refractivity contribution in [2.45, 2.75) is 18.0 Å². The number of amides is 1. The average molecular weight is 453 g/mol. The molecule has 1 aliphatic rings. The van der Waals surface area contributed by atoms with Crippen LogP contribution in [-0.4, -0.2) is 18.2 Å². The van der Waals surface area contributed by atoms with E-state index in [4.69, 9.17) is 0 Å². The van der Waals surface area contributed by atoms with E-state index in [0.717, 1.165) is 34.6 Å². The van der Waals surface area contributed by atoms with Crippen molar-refractivity contribution in [2.75, 3.05) is 17.2 Å². The first-order valence-corrected chi connectivity index (χ1v) is 11.1. The van der Waals surface area contributed by atoms with Gasteiger partial charge >= 0.3 is 0 Å². The van der Waals surface area contributed by atoms with Crippen LogP contribution in [0.5, 0.6) is 0 Å². The van der Waals surface area contributed by atoms with Gasteiger partial charge < -0.3 is 10.2 Å². The first-order chi connectivity index (χ1) is 13.7. The van der Waals surface area contributed by atoms with Crippen LogP contribution in [0.2, 0.25) is 0 Å². The number of benzene rings is 3. The van der Waals surface area contributed by atoms with Crippen molar-refractivity contribution in [2.24, 2.45) is 0 Å². The lowest BCUT2D eigenvalue weighted by molar-refractivity contribution is 0.0951. The predicted octanol–water partition coefficient (Wildman–Crippen LogP) is 5.49. The highest BCUT2D eigenvalue weighted by Crippen LogP contribution is 2.36. The van der Waals surface area contributed by atoms with Crippen LogP contribution >= 0.6 is 27.7 Å². The molecule has 3 aromatic carbocycles. The SMILES string of the molecule is O=C(NCc1ccccc1Br)c1ccc2c(c1)N(Cc1ccccc1)CCS2. The summed E-state index contributed by atoms with van der Waals surface area (Å²) in [5.74, 6) is 1.02. The van der Waals surface area contributed by atoms with E-state index in [1.807, 2.05) is 54.2 Å². The number of hydrogen-bond donors (Lipinski definition) is 1. The maximum absolute atomic E-state index is 12.7. The molecular formula is C23H21BrN2OS. The molecule has 3 aromatic rings. The Morgan fingerprint density at radius 1 is 1.04 bits per heavy atom. The van der Waals surface area contributed by atoms with Crippen LogP contribution in [0.4, 0.5) is 5.69 Å². The fourth-order valence-electron chi connectivity index (χ4n) is 3.30. The molecule has 0 fully saturated rings. The molecule has 0 aliphatic carbocycles. The lowest BCUT2D eigenvalue weighted by Gasteiger charge is -2.31. The van der Waals surface area contributed by atoms with E-state index < -0.39 is 0 Å². The summed E-state index contributed by atoms with van der Waals surface area (Å²) < 4.78 is 1.01. The number of nitrogens with one attached hydrogen (secondary N) is 1. The standard InChI is InChI=1S/C23H21BrN2OS/c24-20-9-5-4-8-19(20)15-25-23(27)18-10-11-22-21(14-18)26(12-13-28-22)16-17-6-2-1-3-7-17/h1-11,14H,12-13,15-16H2,(H,25,27). The van der Waals surface area contributed by atoms with Gasteiger partial charge in [0.2, 0.25) is 0 Å². The fourth-order valence-corrected chi connectivity index (χ4v) is 4.76. The number of thioether (sulfide) groups is 1. The monoisotopic (exact) mass is 452 g/mol. The summed E-state index contributed by atoms with van der Waals surface area (Å²) in [4.78, 5) is 16.3. The van der Waals surface area contributed by atoms with Gasteiger partial charge in [-0.2, -0.15) is 0 Å². The number of halogens is 1. The maximum atomic E-state index is 12.7. The Morgan fingerprint density at radius 2 is 1.82 bits per heavy atom. The number of rotatable bonds is 5. The number of hydrogen-bond acceptors (Lipinski definition) is 3. The largest absolute Gasteiger partial charge is 0.365 e. The van der Waals surface area contributed by atoms with E-state index in [1.165, 1.54) is 10.5 Å². The van der Waals surface area contributed by atoms with Gasteiger partial charge in [0.25, 0.3) is 5.91 Å². The molecular weight excluding hydrogens is 432 g/mol. The van der Waals surface area contributed by atoms with Gasteiger partial charge in [-0.1, -0.05) is 64.5 Å². The Hall–Kier alpha value is -2.24. The highest BCUT2D eigenvalue weighted by atomic mass is 79.9. The number of fused-ring (bicyclic) bond motifs is 1. The maximum Gasteiger partial charge on any atom is 0.251 e. The van der Waals surface area contributed by atoms with Crippen LogP contribution in [0.1, 0.15) is 21.5 Å². The molecule has 0 aromatic heterocycles. The Bertz CT molecular complexity index is 977. The fraction of sp³-hybridized carbons (Fsp3) is 0.174. The zero-order valence-corrected chi connectivity index (χ0v) is 17.8. The molecule has 0 atom stereocenters. The third-order valence-corrected chi connectivity index (χ3v) is 6.61. The van der Waals surface area contributed by atoms with Gasteiger partial charge in [0.05, 0.1) is 5.69 Å². The highest BCUT2D eigenvalue weighted by Gasteiger charge is 2.19. The van der Waals surface area contributed by atoms with E-state index in [2.05, 4.69) is 56.5 Å². The molecule has 1 N–H and O–H groups in total. The molecule has 0 unspecified atom stereocenters. The second kappa shape index (κ2) is 8.84. The van der Waals surface area contributed by atoms with Crippen LogP contribution in [0, 0.1) is 0 Å². The molecule has 0 spiro atoms. The molecule has 0 radical (unpaired) electrons. The Kier molecular flexibility index (Phi) is 6.03. The normalized spacial score (nSPS) is 13.1. The summed E-state index contributed by atoms with van der Waals surface area (Å²) in [6.45, 7) is 2.34. The summed E-state index contributed by atoms with van der Waals surface area (Å²) >= 11 is 5.39. The van der Waals surface area contributed by atoms with Gasteiger partial charge in [-0.05, 0) is 35.4 Å². The van der Waals surface area contributed by atoms with E-state index in [9.17, 15) is 4.79 Å². The summed E-state index contributed by atoms with van der Waals surface area (Å²) in [6.07, 6.45) is 0. The van der Waals surface area contributed by atoms with Gasteiger partial charge in [0, 0.05) is 40.3 Å². The van der Waals surface area contributed by atoms with Crippen molar-refractivity contribution in [3.05, 3.63) is 94.0 Å². The van der Waals surface area contributed by atoms with Crippen molar-refractivity contribution < 1.29 is 4.79 Å². The number of nitrogens with zero attached hydrogens (tertiary/aromatic N) is 1. The molecule has 1 heterocycles. The molecule has 1 amide bonds. The summed E-state index contributed by atoms with van der Waals surface area (Å²) in [7, 11) is 0. The number of carbonyl (C=O) groups is 1. The summed E-state index contributed by atoms with van der Waals surface area (Å²) in [5.41, 5.74) is 4.19. The minimum Gasteiger partial charge on any atom is -0.365 e. The quantitative estimate of drug-likeness (QED) is 0.555. The van der Waals surface area contributed by atoms with Gasteiger partial charge in [0.15, 0.2) is 0 Å². The zero-order chi connectivity index (χ0) is 19.3. The van der Waals surface area contributed by atoms with Crippen LogP contribution in [0.15, 0.2) is 82.2 Å². The molecule has 5 heteroatoms. The van der Waals surface area contributed by atoms with Crippen molar-refractivity contribution in [1.82, 2.24) is 5.32 Å². The molecule has 4 rings (SSSR count). The second-order valence-corrected chi connectivity index (χ2v) is 8.70. The van der Waals surface area contributed by atoms with Crippen LogP contribution in [-0.2, 0) is 13.1 Å². The van der Waals surface area contributed by atoms with E-state index in [-0.39, 0.29) is 5.91 Å². The van der Waals surface area contributed by atoms with E-state index >= 15 is 0 Å². The molecule has 0 bridgehead atoms. The smallest absolute Gasteiger partial charge is 0.251 e. The molecule has 1 aliphatic heterocycles. The predicted molar refractivity (Wildman–Crippen MR) is 120 cm³/mol. The lowest BCUT2D eigenvalue weighted by Crippen LogP contribution is -2.29. The molecule has 142 valence electrons. The van der Waals surface area contributed by atoms with Crippen molar-refractivity contribution in [1.29, 1.82) is 0 Å². The Morgan fingerprint density at radius 3 is 2.64 bits per heavy atom. The minimum atomic E-state index is -0.0474. The summed E-state index contributed by atoms with van der Waals surface area (Å²) in [6, 6.07) is 24.4. The third kappa shape index (κ3) is 4.42. The minimum absolute atomic E-state index is 0.0474. The molecule has 0 saturated heterocycles. The van der Waals surface area contributed by atoms with Crippen LogP contribution in [0.3, 0.4) is 0 Å². The zero-order valence-electron chi connectivity index (χ0n) is 15.4. The number of anilines is 1. The lowest BCUT2D eigenvalue weighted by atomic mass is 10.1. The third-order valence-electron chi connectivity index (χ3n) is 4.79. The topological polar surface area (TPSA) is 32.3 Å². The van der Waals surface area contributed by atoms with Gasteiger partial charge in [-0.25, -0.2) is 0 Å².